The number of hydrogen-bond donors (Lipinski definition) is 3. The highest BCUT2D eigenvalue weighted by molar-refractivity contribution is 9.10. The molecule has 130 valence electrons. The highest BCUT2D eigenvalue weighted by Crippen LogP contribution is 2.19. The lowest BCUT2D eigenvalue weighted by Crippen LogP contribution is -2.26. The van der Waals surface area contributed by atoms with Gasteiger partial charge in [-0.15, -0.1) is 0 Å². The van der Waals surface area contributed by atoms with E-state index < -0.39 is 0 Å². The molecule has 0 radical (unpaired) electrons. The van der Waals surface area contributed by atoms with Crippen LogP contribution in [-0.4, -0.2) is 29.7 Å². The molecule has 0 unspecified atom stereocenters. The number of phenols is 1. The number of carbonyl (C=O) groups excluding carboxylic acids is 2. The lowest BCUT2D eigenvalue weighted by molar-refractivity contribution is -0.121. The quantitative estimate of drug-likeness (QED) is 0.377. The van der Waals surface area contributed by atoms with Crippen LogP contribution < -0.4 is 10.7 Å². The van der Waals surface area contributed by atoms with Crippen LogP contribution >= 0.6 is 15.9 Å². The molecule has 0 aliphatic carbocycles. The average Bonchev–Trinajstić information content (AvgIpc) is 2.62. The second kappa shape index (κ2) is 9.58. The van der Waals surface area contributed by atoms with Gasteiger partial charge in [-0.3, -0.25) is 9.59 Å². The molecule has 0 fully saturated rings. The summed E-state index contributed by atoms with van der Waals surface area (Å²) in [5.74, 6) is -0.353. The summed E-state index contributed by atoms with van der Waals surface area (Å²) in [6, 6.07) is 13.8. The Morgan fingerprint density at radius 3 is 2.68 bits per heavy atom. The third-order valence-electron chi connectivity index (χ3n) is 3.28. The van der Waals surface area contributed by atoms with Crippen LogP contribution in [0.1, 0.15) is 28.8 Å². The molecule has 0 atom stereocenters. The summed E-state index contributed by atoms with van der Waals surface area (Å²) in [6.45, 7) is 0.400. The zero-order valence-electron chi connectivity index (χ0n) is 13.4. The molecule has 0 heterocycles. The van der Waals surface area contributed by atoms with E-state index in [4.69, 9.17) is 0 Å². The molecule has 2 rings (SSSR count). The molecule has 0 aliphatic rings. The Balaban J connectivity index is 1.68. The SMILES string of the molecule is O=C(CCCNC(=O)c1ccccc1)N/N=C/c1cc(Br)ccc1O. The summed E-state index contributed by atoms with van der Waals surface area (Å²) in [6.07, 6.45) is 2.11. The van der Waals surface area contributed by atoms with Crippen molar-refractivity contribution in [3.63, 3.8) is 0 Å². The van der Waals surface area contributed by atoms with Crippen molar-refractivity contribution in [1.82, 2.24) is 10.7 Å². The number of halogens is 1. The van der Waals surface area contributed by atoms with Crippen LogP contribution in [0.4, 0.5) is 0 Å². The van der Waals surface area contributed by atoms with Crippen molar-refractivity contribution in [1.29, 1.82) is 0 Å². The van der Waals surface area contributed by atoms with Crippen molar-refractivity contribution in [2.75, 3.05) is 6.54 Å². The first kappa shape index (κ1) is 18.7. The van der Waals surface area contributed by atoms with Gasteiger partial charge in [-0.25, -0.2) is 5.43 Å². The molecule has 0 saturated carbocycles. The molecule has 2 aromatic carbocycles. The molecule has 7 heteroatoms. The van der Waals surface area contributed by atoms with Crippen molar-refractivity contribution in [3.8, 4) is 5.75 Å². The van der Waals surface area contributed by atoms with Gasteiger partial charge in [0, 0.05) is 28.6 Å². The number of rotatable bonds is 7. The Morgan fingerprint density at radius 1 is 1.16 bits per heavy atom. The lowest BCUT2D eigenvalue weighted by atomic mass is 10.2. The summed E-state index contributed by atoms with van der Waals surface area (Å²) in [5.41, 5.74) is 3.47. The summed E-state index contributed by atoms with van der Waals surface area (Å²) < 4.78 is 0.798. The van der Waals surface area contributed by atoms with Gasteiger partial charge in [0.2, 0.25) is 5.91 Å². The Hall–Kier alpha value is -2.67. The Morgan fingerprint density at radius 2 is 1.92 bits per heavy atom. The number of nitrogens with zero attached hydrogens (tertiary/aromatic N) is 1. The molecular weight excluding hydrogens is 386 g/mol. The monoisotopic (exact) mass is 403 g/mol. The van der Waals surface area contributed by atoms with E-state index in [9.17, 15) is 14.7 Å². The van der Waals surface area contributed by atoms with Crippen LogP contribution in [0, 0.1) is 0 Å². The summed E-state index contributed by atoms with van der Waals surface area (Å²) >= 11 is 3.29. The minimum Gasteiger partial charge on any atom is -0.507 e. The number of aromatic hydroxyl groups is 1. The summed E-state index contributed by atoms with van der Waals surface area (Å²) in [7, 11) is 0. The van der Waals surface area contributed by atoms with Crippen molar-refractivity contribution >= 4 is 34.0 Å². The first-order valence-corrected chi connectivity index (χ1v) is 8.49. The van der Waals surface area contributed by atoms with Crippen LogP contribution in [0.15, 0.2) is 58.1 Å². The van der Waals surface area contributed by atoms with Crippen LogP contribution in [0.2, 0.25) is 0 Å². The van der Waals surface area contributed by atoms with E-state index in [0.717, 1.165) is 4.47 Å². The van der Waals surface area contributed by atoms with E-state index in [0.29, 0.717) is 24.1 Å². The van der Waals surface area contributed by atoms with Gasteiger partial charge >= 0.3 is 0 Å². The molecule has 0 bridgehead atoms. The minimum absolute atomic E-state index is 0.0739. The van der Waals surface area contributed by atoms with Gasteiger partial charge in [-0.1, -0.05) is 34.1 Å². The zero-order valence-corrected chi connectivity index (χ0v) is 15.0. The Labute approximate surface area is 154 Å². The fourth-order valence-corrected chi connectivity index (χ4v) is 2.38. The highest BCUT2D eigenvalue weighted by atomic mass is 79.9. The van der Waals surface area contributed by atoms with Crippen molar-refractivity contribution < 1.29 is 14.7 Å². The number of carbonyl (C=O) groups is 2. The van der Waals surface area contributed by atoms with Gasteiger partial charge in [0.25, 0.3) is 5.91 Å². The maximum absolute atomic E-state index is 11.8. The zero-order chi connectivity index (χ0) is 18.1. The van der Waals surface area contributed by atoms with E-state index in [2.05, 4.69) is 31.8 Å². The van der Waals surface area contributed by atoms with Crippen LogP contribution in [0.5, 0.6) is 5.75 Å². The average molecular weight is 404 g/mol. The molecule has 0 aliphatic heterocycles. The second-order valence-corrected chi connectivity index (χ2v) is 6.14. The predicted octanol–water partition coefficient (Wildman–Crippen LogP) is 2.82. The molecule has 25 heavy (non-hydrogen) atoms. The molecule has 0 saturated heterocycles. The molecule has 0 aromatic heterocycles. The van der Waals surface area contributed by atoms with Gasteiger partial charge < -0.3 is 10.4 Å². The van der Waals surface area contributed by atoms with Crippen LogP contribution in [0.25, 0.3) is 0 Å². The maximum Gasteiger partial charge on any atom is 0.251 e. The fraction of sp³-hybridized carbons (Fsp3) is 0.167. The van der Waals surface area contributed by atoms with Gasteiger partial charge in [-0.2, -0.15) is 5.10 Å². The van der Waals surface area contributed by atoms with Crippen molar-refractivity contribution in [3.05, 3.63) is 64.1 Å². The second-order valence-electron chi connectivity index (χ2n) is 5.22. The third-order valence-corrected chi connectivity index (χ3v) is 3.78. The molecule has 2 amide bonds. The number of benzene rings is 2. The Bertz CT molecular complexity index is 763. The van der Waals surface area contributed by atoms with Gasteiger partial charge in [-0.05, 0) is 36.8 Å². The molecular formula is C18H18BrN3O3. The van der Waals surface area contributed by atoms with E-state index in [-0.39, 0.29) is 24.0 Å². The van der Waals surface area contributed by atoms with Crippen LogP contribution in [0.3, 0.4) is 0 Å². The largest absolute Gasteiger partial charge is 0.507 e. The van der Waals surface area contributed by atoms with Gasteiger partial charge in [0.05, 0.1) is 6.21 Å². The first-order chi connectivity index (χ1) is 12.1. The predicted molar refractivity (Wildman–Crippen MR) is 99.6 cm³/mol. The van der Waals surface area contributed by atoms with Crippen molar-refractivity contribution in [2.45, 2.75) is 12.8 Å². The smallest absolute Gasteiger partial charge is 0.251 e. The fourth-order valence-electron chi connectivity index (χ4n) is 2.00. The van der Waals surface area contributed by atoms with Crippen molar-refractivity contribution in [2.24, 2.45) is 5.10 Å². The number of hydrazone groups is 1. The van der Waals surface area contributed by atoms with E-state index in [1.807, 2.05) is 6.07 Å². The summed E-state index contributed by atoms with van der Waals surface area (Å²) in [4.78, 5) is 23.5. The highest BCUT2D eigenvalue weighted by Gasteiger charge is 2.05. The third kappa shape index (κ3) is 6.39. The number of phenolic OH excluding ortho intramolecular Hbond substituents is 1. The number of nitrogens with one attached hydrogen (secondary N) is 2. The number of amides is 2. The van der Waals surface area contributed by atoms with E-state index in [1.165, 1.54) is 12.3 Å². The topological polar surface area (TPSA) is 90.8 Å². The normalized spacial score (nSPS) is 10.6. The maximum atomic E-state index is 11.8. The van der Waals surface area contributed by atoms with Gasteiger partial charge in [0.1, 0.15) is 5.75 Å². The van der Waals surface area contributed by atoms with Gasteiger partial charge in [0.15, 0.2) is 0 Å². The molecule has 3 N–H and O–H groups in total. The minimum atomic E-state index is -0.264. The van der Waals surface area contributed by atoms with E-state index in [1.54, 1.807) is 36.4 Å². The molecule has 6 nitrogen and oxygen atoms in total. The van der Waals surface area contributed by atoms with E-state index >= 15 is 0 Å². The first-order valence-electron chi connectivity index (χ1n) is 7.70. The molecule has 2 aromatic rings. The lowest BCUT2D eigenvalue weighted by Gasteiger charge is -2.04. The number of hydrogen-bond acceptors (Lipinski definition) is 4. The standard InChI is InChI=1S/C18H18BrN3O3/c19-15-8-9-16(23)14(11-15)12-21-22-17(24)7-4-10-20-18(25)13-5-2-1-3-6-13/h1-3,5-6,8-9,11-12,23H,4,7,10H2,(H,20,25)(H,22,24)/b21-12+. The summed E-state index contributed by atoms with van der Waals surface area (Å²) in [5, 5.41) is 16.2. The Kier molecular flexibility index (Phi) is 7.16. The van der Waals surface area contributed by atoms with Crippen LogP contribution in [-0.2, 0) is 4.79 Å². The molecule has 0 spiro atoms.